The Morgan fingerprint density at radius 3 is 2.48 bits per heavy atom. The molecule has 10 nitrogen and oxygen atoms in total. The van der Waals surface area contributed by atoms with Gasteiger partial charge in [-0.25, -0.2) is 0 Å². The van der Waals surface area contributed by atoms with Crippen LogP contribution in [-0.4, -0.2) is 89.1 Å². The number of carbonyl (C=O) groups is 4. The molecule has 3 amide bonds. The maximum atomic E-state index is 14.7. The number of fused-ring (bicyclic) bond motifs is 1. The summed E-state index contributed by atoms with van der Waals surface area (Å²) in [4.78, 5) is 61.4. The Kier molecular flexibility index (Phi) is 12.2. The second kappa shape index (κ2) is 16.4. The minimum absolute atomic E-state index is 0.0291. The van der Waals surface area contributed by atoms with E-state index in [0.717, 1.165) is 5.56 Å². The lowest BCUT2D eigenvalue weighted by molar-refractivity contribution is -0.164. The number of aliphatic hydroxyl groups excluding tert-OH is 1. The van der Waals surface area contributed by atoms with Crippen LogP contribution in [0.5, 0.6) is 0 Å². The molecule has 0 aromatic heterocycles. The van der Waals surface area contributed by atoms with Crippen LogP contribution in [0.15, 0.2) is 79.9 Å². The maximum Gasteiger partial charge on any atom is 0.313 e. The standard InChI is InChI=1S/C39H48ClN3O7/c1-5-7-16-31(45)41(4)26(3)34(27-14-10-8-11-15-27)49-38(48)32-30-21-22-39(50-30)33(32)36(46)43(24-12-9-13-25-44)35(39)37(47)42(23-6-2)29-19-17-28(40)18-20-29/h5-6,8,10-11,14-15,17-20,26,30,32-35,44H,1-2,7,9,12-13,16,21-25H2,3-4H3/t26-,30-,32+,33+,34+,35-,39+/m1/s1. The van der Waals surface area contributed by atoms with Gasteiger partial charge in [-0.2, -0.15) is 0 Å². The molecule has 268 valence electrons. The summed E-state index contributed by atoms with van der Waals surface area (Å²) in [6, 6.07) is 14.7. The largest absolute Gasteiger partial charge is 0.455 e. The highest BCUT2D eigenvalue weighted by molar-refractivity contribution is 6.30. The molecule has 11 heteroatoms. The number of ether oxygens (including phenoxy) is 2. The number of benzene rings is 2. The van der Waals surface area contributed by atoms with E-state index >= 15 is 0 Å². The topological polar surface area (TPSA) is 117 Å². The van der Waals surface area contributed by atoms with E-state index in [1.165, 1.54) is 0 Å². The Hall–Kier alpha value is -3.99. The molecule has 5 rings (SSSR count). The number of aliphatic hydroxyl groups is 1. The Morgan fingerprint density at radius 1 is 1.10 bits per heavy atom. The number of carbonyl (C=O) groups excluding carboxylic acids is 4. The molecule has 3 saturated heterocycles. The molecule has 0 aliphatic carbocycles. The predicted molar refractivity (Wildman–Crippen MR) is 191 cm³/mol. The number of esters is 1. The maximum absolute atomic E-state index is 14.7. The van der Waals surface area contributed by atoms with Gasteiger partial charge < -0.3 is 29.3 Å². The number of hydrogen-bond donors (Lipinski definition) is 1. The van der Waals surface area contributed by atoms with Gasteiger partial charge in [0, 0.05) is 43.9 Å². The number of likely N-dealkylation sites (N-methyl/N-ethyl adjacent to an activating group) is 1. The highest BCUT2D eigenvalue weighted by Crippen LogP contribution is 2.59. The summed E-state index contributed by atoms with van der Waals surface area (Å²) in [6.45, 7) is 9.90. The normalized spacial score (nSPS) is 24.7. The number of amides is 3. The summed E-state index contributed by atoms with van der Waals surface area (Å²) in [6.07, 6.45) is 5.42. The number of likely N-dealkylation sites (tertiary alicyclic amines) is 1. The number of unbranched alkanes of at least 4 members (excludes halogenated alkanes) is 2. The number of hydrogen-bond acceptors (Lipinski definition) is 7. The average molecular weight is 706 g/mol. The first-order chi connectivity index (χ1) is 24.1. The SMILES string of the molecule is C=CCCC(=O)N(C)[C@H](C)[C@H](OC(=O)[C@@H]1[C@H]2C(=O)N(CCCCCO)[C@H](C(=O)N(CC=C)c3ccc(Cl)cc3)[C@]23CC[C@H]1O3)c1ccccc1. The lowest BCUT2D eigenvalue weighted by Crippen LogP contribution is -2.56. The van der Waals surface area contributed by atoms with E-state index in [1.807, 2.05) is 37.3 Å². The Balaban J connectivity index is 1.48. The molecule has 3 aliphatic heterocycles. The van der Waals surface area contributed by atoms with Gasteiger partial charge in [0.15, 0.2) is 0 Å². The molecule has 2 bridgehead atoms. The van der Waals surface area contributed by atoms with E-state index in [0.29, 0.717) is 49.2 Å². The molecule has 3 fully saturated rings. The number of allylic oxidation sites excluding steroid dienone is 1. The van der Waals surface area contributed by atoms with Crippen molar-refractivity contribution < 1.29 is 33.8 Å². The first-order valence-corrected chi connectivity index (χ1v) is 17.9. The highest BCUT2D eigenvalue weighted by Gasteiger charge is 2.75. The monoisotopic (exact) mass is 705 g/mol. The third-order valence-electron chi connectivity index (χ3n) is 10.5. The molecule has 0 unspecified atom stereocenters. The fourth-order valence-corrected chi connectivity index (χ4v) is 7.98. The van der Waals surface area contributed by atoms with E-state index in [-0.39, 0.29) is 43.8 Å². The van der Waals surface area contributed by atoms with Gasteiger partial charge >= 0.3 is 5.97 Å². The summed E-state index contributed by atoms with van der Waals surface area (Å²) in [5, 5.41) is 9.90. The van der Waals surface area contributed by atoms with Crippen molar-refractivity contribution in [1.29, 1.82) is 0 Å². The van der Waals surface area contributed by atoms with Crippen molar-refractivity contribution in [2.75, 3.05) is 31.6 Å². The van der Waals surface area contributed by atoms with Gasteiger partial charge in [0.2, 0.25) is 11.8 Å². The molecule has 7 atom stereocenters. The Morgan fingerprint density at radius 2 is 1.82 bits per heavy atom. The molecule has 2 aromatic carbocycles. The molecule has 0 radical (unpaired) electrons. The molecular weight excluding hydrogens is 658 g/mol. The lowest BCUT2D eigenvalue weighted by Gasteiger charge is -2.37. The quantitative estimate of drug-likeness (QED) is 0.131. The zero-order chi connectivity index (χ0) is 36.0. The molecule has 0 saturated carbocycles. The summed E-state index contributed by atoms with van der Waals surface area (Å²) >= 11 is 6.16. The summed E-state index contributed by atoms with van der Waals surface area (Å²) in [5.41, 5.74) is 0.0908. The zero-order valence-electron chi connectivity index (χ0n) is 28.9. The minimum Gasteiger partial charge on any atom is -0.455 e. The van der Waals surface area contributed by atoms with Crippen molar-refractivity contribution in [2.24, 2.45) is 11.8 Å². The van der Waals surface area contributed by atoms with Gasteiger partial charge in [-0.05, 0) is 75.3 Å². The lowest BCUT2D eigenvalue weighted by atomic mass is 9.70. The average Bonchev–Trinajstić information content (AvgIpc) is 3.77. The van der Waals surface area contributed by atoms with E-state index in [1.54, 1.807) is 58.2 Å². The second-order valence-electron chi connectivity index (χ2n) is 13.4. The van der Waals surface area contributed by atoms with Crippen molar-refractivity contribution in [1.82, 2.24) is 9.80 Å². The fraction of sp³-hybridized carbons (Fsp3) is 0.487. The molecule has 3 heterocycles. The molecule has 2 aromatic rings. The van der Waals surface area contributed by atoms with Crippen LogP contribution < -0.4 is 4.90 Å². The van der Waals surface area contributed by atoms with Crippen molar-refractivity contribution in [3.8, 4) is 0 Å². The van der Waals surface area contributed by atoms with E-state index < -0.39 is 47.7 Å². The van der Waals surface area contributed by atoms with Gasteiger partial charge in [-0.3, -0.25) is 19.2 Å². The third-order valence-corrected chi connectivity index (χ3v) is 10.7. The molecule has 1 spiro atoms. The first kappa shape index (κ1) is 37.3. The van der Waals surface area contributed by atoms with Crippen LogP contribution in [0.3, 0.4) is 0 Å². The Labute approximate surface area is 299 Å². The van der Waals surface area contributed by atoms with E-state index in [4.69, 9.17) is 21.1 Å². The van der Waals surface area contributed by atoms with Crippen LogP contribution >= 0.6 is 11.6 Å². The number of nitrogens with zero attached hydrogens (tertiary/aromatic N) is 3. The minimum atomic E-state index is -1.23. The molecule has 1 N–H and O–H groups in total. The van der Waals surface area contributed by atoms with Crippen molar-refractivity contribution >= 4 is 41.0 Å². The van der Waals surface area contributed by atoms with E-state index in [2.05, 4.69) is 13.2 Å². The number of anilines is 1. The smallest absolute Gasteiger partial charge is 0.313 e. The number of halogens is 1. The van der Waals surface area contributed by atoms with Gasteiger partial charge in [0.05, 0.1) is 24.0 Å². The fourth-order valence-electron chi connectivity index (χ4n) is 7.86. The summed E-state index contributed by atoms with van der Waals surface area (Å²) in [7, 11) is 1.69. The van der Waals surface area contributed by atoms with Crippen molar-refractivity contribution in [2.45, 2.75) is 81.8 Å². The van der Waals surface area contributed by atoms with Crippen molar-refractivity contribution in [3.05, 3.63) is 90.5 Å². The van der Waals surface area contributed by atoms with Crippen LogP contribution in [0.4, 0.5) is 5.69 Å². The van der Waals surface area contributed by atoms with Crippen LogP contribution in [0.2, 0.25) is 5.02 Å². The summed E-state index contributed by atoms with van der Waals surface area (Å²) < 4.78 is 13.0. The predicted octanol–water partition coefficient (Wildman–Crippen LogP) is 5.49. The van der Waals surface area contributed by atoms with Gasteiger partial charge in [-0.1, -0.05) is 54.1 Å². The van der Waals surface area contributed by atoms with Crippen molar-refractivity contribution in [3.63, 3.8) is 0 Å². The van der Waals surface area contributed by atoms with Gasteiger partial charge in [0.25, 0.3) is 5.91 Å². The van der Waals surface area contributed by atoms with Gasteiger partial charge in [-0.15, -0.1) is 13.2 Å². The molecule has 3 aliphatic rings. The van der Waals surface area contributed by atoms with E-state index in [9.17, 15) is 24.3 Å². The third kappa shape index (κ3) is 7.24. The van der Waals surface area contributed by atoms with Gasteiger partial charge in [0.1, 0.15) is 17.7 Å². The van der Waals surface area contributed by atoms with Crippen LogP contribution in [0.25, 0.3) is 0 Å². The van der Waals surface area contributed by atoms with Crippen LogP contribution in [0.1, 0.15) is 63.5 Å². The molecule has 50 heavy (non-hydrogen) atoms. The highest BCUT2D eigenvalue weighted by atomic mass is 35.5. The van der Waals surface area contributed by atoms with Crippen LogP contribution in [-0.2, 0) is 28.7 Å². The number of rotatable bonds is 17. The zero-order valence-corrected chi connectivity index (χ0v) is 29.7. The Bertz CT molecular complexity index is 1550. The second-order valence-corrected chi connectivity index (χ2v) is 13.9. The summed E-state index contributed by atoms with van der Waals surface area (Å²) in [5.74, 6) is -3.18. The molecular formula is C39H48ClN3O7. The van der Waals surface area contributed by atoms with Crippen LogP contribution in [0, 0.1) is 11.8 Å². The first-order valence-electron chi connectivity index (χ1n) is 17.5.